The van der Waals surface area contributed by atoms with Crippen LogP contribution in [0.4, 0.5) is 11.9 Å². The topological polar surface area (TPSA) is 114 Å². The zero-order chi connectivity index (χ0) is 15.3. The summed E-state index contributed by atoms with van der Waals surface area (Å²) >= 11 is 0. The van der Waals surface area contributed by atoms with Crippen LogP contribution in [-0.4, -0.2) is 55.0 Å². The van der Waals surface area contributed by atoms with Crippen LogP contribution >= 0.6 is 0 Å². The van der Waals surface area contributed by atoms with Crippen molar-refractivity contribution in [3.63, 3.8) is 0 Å². The van der Waals surface area contributed by atoms with Gasteiger partial charge in [-0.25, -0.2) is 4.98 Å². The monoisotopic (exact) mass is 292 g/mol. The van der Waals surface area contributed by atoms with Crippen molar-refractivity contribution in [3.8, 4) is 5.95 Å². The number of rotatable bonds is 7. The molecule has 2 rings (SSSR count). The highest BCUT2D eigenvalue weighted by Crippen LogP contribution is 2.20. The molecule has 0 fully saturated rings. The Labute approximate surface area is 122 Å². The molecule has 0 unspecified atom stereocenters. The lowest BCUT2D eigenvalue weighted by Gasteiger charge is -2.23. The Morgan fingerprint density at radius 2 is 2.00 bits per heavy atom. The third-order valence-electron chi connectivity index (χ3n) is 2.98. The lowest BCUT2D eigenvalue weighted by molar-refractivity contribution is 0.220. The van der Waals surface area contributed by atoms with Gasteiger partial charge in [0.2, 0.25) is 11.9 Å². The number of aliphatic hydroxyl groups is 1. The summed E-state index contributed by atoms with van der Waals surface area (Å²) in [6, 6.07) is 0. The normalized spacial score (nSPS) is 11.4. The molecule has 0 aromatic carbocycles. The van der Waals surface area contributed by atoms with E-state index in [0.717, 1.165) is 0 Å². The largest absolute Gasteiger partial charge is 0.396 e. The second-order valence-corrected chi connectivity index (χ2v) is 5.36. The zero-order valence-corrected chi connectivity index (χ0v) is 12.4. The lowest BCUT2D eigenvalue weighted by Crippen LogP contribution is -2.25. The molecule has 0 saturated carbocycles. The first-order valence-electron chi connectivity index (χ1n) is 6.67. The average molecular weight is 292 g/mol. The molecule has 0 radical (unpaired) electrons. The average Bonchev–Trinajstić information content (AvgIpc) is 2.99. The number of nitrogens with one attached hydrogen (secondary N) is 2. The van der Waals surface area contributed by atoms with Crippen molar-refractivity contribution in [2.45, 2.75) is 20.3 Å². The first-order chi connectivity index (χ1) is 10.0. The van der Waals surface area contributed by atoms with Gasteiger partial charge in [-0.15, -0.1) is 0 Å². The smallest absolute Gasteiger partial charge is 0.258 e. The number of anilines is 2. The Balaban J connectivity index is 2.18. The summed E-state index contributed by atoms with van der Waals surface area (Å²) in [7, 11) is 1.74. The molecule has 0 amide bonds. The van der Waals surface area contributed by atoms with Gasteiger partial charge in [-0.3, -0.25) is 0 Å². The number of nitrogens with zero attached hydrogens (tertiary/aromatic N) is 6. The van der Waals surface area contributed by atoms with E-state index in [-0.39, 0.29) is 12.0 Å². The lowest BCUT2D eigenvalue weighted by atomic mass is 9.90. The van der Waals surface area contributed by atoms with E-state index in [1.807, 2.05) is 0 Å². The van der Waals surface area contributed by atoms with Gasteiger partial charge in [-0.1, -0.05) is 13.8 Å². The van der Waals surface area contributed by atoms with Gasteiger partial charge >= 0.3 is 0 Å². The van der Waals surface area contributed by atoms with E-state index in [1.54, 1.807) is 7.05 Å². The Morgan fingerprint density at radius 1 is 1.24 bits per heavy atom. The fourth-order valence-corrected chi connectivity index (χ4v) is 1.68. The molecule has 0 atom stereocenters. The van der Waals surface area contributed by atoms with Crippen molar-refractivity contribution >= 4 is 11.9 Å². The van der Waals surface area contributed by atoms with Gasteiger partial charge in [0.05, 0.1) is 0 Å². The van der Waals surface area contributed by atoms with Crippen molar-refractivity contribution in [1.29, 1.82) is 0 Å². The van der Waals surface area contributed by atoms with Gasteiger partial charge < -0.3 is 15.7 Å². The third-order valence-corrected chi connectivity index (χ3v) is 2.98. The Hall–Kier alpha value is -2.29. The molecule has 0 spiro atoms. The maximum absolute atomic E-state index is 9.05. The minimum absolute atomic E-state index is 0.0609. The van der Waals surface area contributed by atoms with Crippen LogP contribution in [0.5, 0.6) is 0 Å². The van der Waals surface area contributed by atoms with Gasteiger partial charge in [0.25, 0.3) is 5.95 Å². The van der Waals surface area contributed by atoms with Gasteiger partial charge in [0, 0.05) is 20.2 Å². The summed E-state index contributed by atoms with van der Waals surface area (Å²) in [5, 5.41) is 19.1. The maximum atomic E-state index is 9.05. The summed E-state index contributed by atoms with van der Waals surface area (Å²) in [4.78, 5) is 16.7. The van der Waals surface area contributed by atoms with Crippen LogP contribution in [0, 0.1) is 5.41 Å². The SMILES string of the molecule is CNc1nc(NCC(C)(C)CCO)nc(-n2cncn2)n1. The summed E-state index contributed by atoms with van der Waals surface area (Å²) in [6.07, 6.45) is 3.63. The highest BCUT2D eigenvalue weighted by molar-refractivity contribution is 5.37. The standard InChI is InChI=1S/C12H20N8O/c1-12(2,4-5-21)6-15-10-17-9(13-3)18-11(19-10)20-8-14-7-16-20/h7-8,21H,4-6H2,1-3H3,(H2,13,15,17,18,19). The summed E-state index contributed by atoms with van der Waals surface area (Å²) < 4.78 is 1.46. The number of aliphatic hydroxyl groups excluding tert-OH is 1. The molecule has 0 aliphatic rings. The third kappa shape index (κ3) is 4.09. The molecule has 114 valence electrons. The predicted molar refractivity (Wildman–Crippen MR) is 78.3 cm³/mol. The highest BCUT2D eigenvalue weighted by atomic mass is 16.3. The fourth-order valence-electron chi connectivity index (χ4n) is 1.68. The van der Waals surface area contributed by atoms with Crippen molar-refractivity contribution in [3.05, 3.63) is 12.7 Å². The van der Waals surface area contributed by atoms with E-state index in [2.05, 4.69) is 49.5 Å². The van der Waals surface area contributed by atoms with E-state index in [1.165, 1.54) is 17.3 Å². The first-order valence-corrected chi connectivity index (χ1v) is 6.67. The number of hydrogen-bond acceptors (Lipinski definition) is 8. The molecular weight excluding hydrogens is 272 g/mol. The van der Waals surface area contributed by atoms with E-state index in [9.17, 15) is 0 Å². The van der Waals surface area contributed by atoms with E-state index in [4.69, 9.17) is 5.11 Å². The molecule has 9 nitrogen and oxygen atoms in total. The van der Waals surface area contributed by atoms with E-state index < -0.39 is 0 Å². The van der Waals surface area contributed by atoms with E-state index in [0.29, 0.717) is 30.8 Å². The number of aromatic nitrogens is 6. The summed E-state index contributed by atoms with van der Waals surface area (Å²) in [5.41, 5.74) is -0.0609. The molecule has 0 aliphatic carbocycles. The molecule has 3 N–H and O–H groups in total. The molecule has 0 aliphatic heterocycles. The minimum Gasteiger partial charge on any atom is -0.396 e. The van der Waals surface area contributed by atoms with Crippen molar-refractivity contribution < 1.29 is 5.11 Å². The highest BCUT2D eigenvalue weighted by Gasteiger charge is 2.18. The van der Waals surface area contributed by atoms with Crippen molar-refractivity contribution in [2.75, 3.05) is 30.8 Å². The molecule has 2 heterocycles. The van der Waals surface area contributed by atoms with Gasteiger partial charge in [0.15, 0.2) is 0 Å². The second kappa shape index (κ2) is 6.44. The van der Waals surface area contributed by atoms with Crippen molar-refractivity contribution in [2.24, 2.45) is 5.41 Å². The van der Waals surface area contributed by atoms with Crippen LogP contribution in [-0.2, 0) is 0 Å². The quantitative estimate of drug-likeness (QED) is 0.668. The molecule has 2 aromatic rings. The van der Waals surface area contributed by atoms with Crippen molar-refractivity contribution in [1.82, 2.24) is 29.7 Å². The molecule has 0 bridgehead atoms. The molecule has 9 heteroatoms. The Bertz CT molecular complexity index is 569. The van der Waals surface area contributed by atoms with Gasteiger partial charge in [-0.05, 0) is 11.8 Å². The van der Waals surface area contributed by atoms with Crippen LogP contribution in [0.25, 0.3) is 5.95 Å². The molecule has 0 saturated heterocycles. The summed E-state index contributed by atoms with van der Waals surface area (Å²) in [6.45, 7) is 4.92. The first kappa shape index (κ1) is 15.1. The molecular formula is C12H20N8O. The van der Waals surface area contributed by atoms with Gasteiger partial charge in [0.1, 0.15) is 12.7 Å². The number of hydrogen-bond donors (Lipinski definition) is 3. The maximum Gasteiger partial charge on any atom is 0.258 e. The van der Waals surface area contributed by atoms with E-state index >= 15 is 0 Å². The van der Waals surface area contributed by atoms with Gasteiger partial charge in [-0.2, -0.15) is 24.7 Å². The van der Waals surface area contributed by atoms with Crippen LogP contribution in [0.2, 0.25) is 0 Å². The summed E-state index contributed by atoms with van der Waals surface area (Å²) in [5.74, 6) is 1.28. The Morgan fingerprint density at radius 3 is 2.62 bits per heavy atom. The predicted octanol–water partition coefficient (Wildman–Crippen LogP) is 0.314. The zero-order valence-electron chi connectivity index (χ0n) is 12.4. The van der Waals surface area contributed by atoms with Crippen LogP contribution in [0.15, 0.2) is 12.7 Å². The second-order valence-electron chi connectivity index (χ2n) is 5.36. The fraction of sp³-hybridized carbons (Fsp3) is 0.583. The Kier molecular flexibility index (Phi) is 4.63. The van der Waals surface area contributed by atoms with Crippen LogP contribution in [0.3, 0.4) is 0 Å². The molecule has 21 heavy (non-hydrogen) atoms. The minimum atomic E-state index is -0.0609. The van der Waals surface area contributed by atoms with Crippen LogP contribution < -0.4 is 10.6 Å². The van der Waals surface area contributed by atoms with Crippen LogP contribution in [0.1, 0.15) is 20.3 Å². The molecule has 2 aromatic heterocycles.